The number of hydrogen-bond donors (Lipinski definition) is 2. The molecule has 0 saturated heterocycles. The average molecular weight is 393 g/mol. The van der Waals surface area contributed by atoms with Crippen molar-refractivity contribution in [3.05, 3.63) is 82.0 Å². The molecule has 1 heterocycles. The van der Waals surface area contributed by atoms with Crippen LogP contribution in [0.5, 0.6) is 0 Å². The lowest BCUT2D eigenvalue weighted by molar-refractivity contribution is -0.139. The zero-order valence-corrected chi connectivity index (χ0v) is 15.8. The number of carboxylic acid groups (broad SMARTS) is 1. The molecule has 0 bridgehead atoms. The first-order valence-electron chi connectivity index (χ1n) is 8.99. The van der Waals surface area contributed by atoms with Gasteiger partial charge in [0.25, 0.3) is 0 Å². The Morgan fingerprint density at radius 3 is 2.25 bits per heavy atom. The number of carbonyl (C=O) groups is 2. The van der Waals surface area contributed by atoms with E-state index >= 15 is 0 Å². The third kappa shape index (κ3) is 3.64. The van der Waals surface area contributed by atoms with Crippen molar-refractivity contribution in [3.63, 3.8) is 0 Å². The summed E-state index contributed by atoms with van der Waals surface area (Å²) in [5.41, 5.74) is 5.39. The summed E-state index contributed by atoms with van der Waals surface area (Å²) in [4.78, 5) is 23.8. The molecule has 142 valence electrons. The Balaban J connectivity index is 1.44. The number of carboxylic acids is 1. The van der Waals surface area contributed by atoms with Gasteiger partial charge >= 0.3 is 12.1 Å². The van der Waals surface area contributed by atoms with Crippen LogP contribution in [0.1, 0.15) is 22.6 Å². The van der Waals surface area contributed by atoms with E-state index in [4.69, 9.17) is 4.74 Å². The Kier molecular flexibility index (Phi) is 5.12. The van der Waals surface area contributed by atoms with E-state index in [9.17, 15) is 14.7 Å². The number of thiophene rings is 1. The topological polar surface area (TPSA) is 75.6 Å². The highest BCUT2D eigenvalue weighted by Gasteiger charge is 2.29. The fourth-order valence-electron chi connectivity index (χ4n) is 3.63. The van der Waals surface area contributed by atoms with Crippen molar-refractivity contribution in [2.45, 2.75) is 18.4 Å². The molecule has 0 saturated carbocycles. The third-order valence-electron chi connectivity index (χ3n) is 4.95. The quantitative estimate of drug-likeness (QED) is 0.655. The van der Waals surface area contributed by atoms with Crippen molar-refractivity contribution in [3.8, 4) is 11.1 Å². The number of alkyl carbamates (subject to hydrolysis) is 1. The molecule has 2 N–H and O–H groups in total. The smallest absolute Gasteiger partial charge is 0.407 e. The van der Waals surface area contributed by atoms with Crippen LogP contribution in [-0.2, 0) is 16.0 Å². The van der Waals surface area contributed by atoms with E-state index in [1.165, 1.54) is 11.3 Å². The van der Waals surface area contributed by atoms with Gasteiger partial charge in [-0.2, -0.15) is 11.3 Å². The maximum atomic E-state index is 12.3. The normalized spacial score (nSPS) is 13.4. The maximum Gasteiger partial charge on any atom is 0.407 e. The summed E-state index contributed by atoms with van der Waals surface area (Å²) >= 11 is 1.49. The Morgan fingerprint density at radius 1 is 1.04 bits per heavy atom. The fraction of sp³-hybridized carbons (Fsp3) is 0.182. The maximum absolute atomic E-state index is 12.3. The summed E-state index contributed by atoms with van der Waals surface area (Å²) in [5.74, 6) is -1.14. The van der Waals surface area contributed by atoms with Gasteiger partial charge in [-0.15, -0.1) is 0 Å². The summed E-state index contributed by atoms with van der Waals surface area (Å²) in [6, 6.07) is 17.0. The summed E-state index contributed by atoms with van der Waals surface area (Å²) in [6.07, 6.45) is -0.493. The van der Waals surface area contributed by atoms with Gasteiger partial charge in [0.15, 0.2) is 0 Å². The predicted octanol–water partition coefficient (Wildman–Crippen LogP) is 4.28. The molecule has 3 aromatic rings. The lowest BCUT2D eigenvalue weighted by atomic mass is 9.98. The summed E-state index contributed by atoms with van der Waals surface area (Å²) in [6.45, 7) is 0.157. The van der Waals surface area contributed by atoms with E-state index in [1.807, 2.05) is 53.2 Å². The van der Waals surface area contributed by atoms with Crippen LogP contribution in [0.2, 0.25) is 0 Å². The molecule has 4 rings (SSSR count). The van der Waals surface area contributed by atoms with Gasteiger partial charge in [-0.1, -0.05) is 48.5 Å². The van der Waals surface area contributed by atoms with Gasteiger partial charge in [-0.3, -0.25) is 0 Å². The molecule has 1 unspecified atom stereocenters. The van der Waals surface area contributed by atoms with Crippen LogP contribution in [0.25, 0.3) is 11.1 Å². The van der Waals surface area contributed by atoms with Gasteiger partial charge in [0.1, 0.15) is 12.6 Å². The Bertz CT molecular complexity index is 954. The molecule has 2 aromatic carbocycles. The highest BCUT2D eigenvalue weighted by Crippen LogP contribution is 2.44. The number of fused-ring (bicyclic) bond motifs is 3. The molecule has 28 heavy (non-hydrogen) atoms. The van der Waals surface area contributed by atoms with Gasteiger partial charge in [0.2, 0.25) is 0 Å². The number of ether oxygens (including phenoxy) is 1. The molecular formula is C22H19NO4S. The molecule has 0 spiro atoms. The predicted molar refractivity (Wildman–Crippen MR) is 108 cm³/mol. The molecule has 1 aliphatic rings. The molecule has 1 aromatic heterocycles. The van der Waals surface area contributed by atoms with Crippen LogP contribution in [-0.4, -0.2) is 29.8 Å². The number of rotatable bonds is 6. The van der Waals surface area contributed by atoms with Gasteiger partial charge in [0, 0.05) is 12.3 Å². The third-order valence-corrected chi connectivity index (χ3v) is 5.69. The van der Waals surface area contributed by atoms with Crippen molar-refractivity contribution in [1.29, 1.82) is 0 Å². The van der Waals surface area contributed by atoms with Crippen LogP contribution < -0.4 is 5.32 Å². The molecule has 6 heteroatoms. The molecule has 1 aliphatic carbocycles. The first-order valence-corrected chi connectivity index (χ1v) is 9.93. The van der Waals surface area contributed by atoms with Crippen LogP contribution in [0.15, 0.2) is 65.4 Å². The van der Waals surface area contributed by atoms with Gasteiger partial charge in [-0.05, 0) is 44.6 Å². The van der Waals surface area contributed by atoms with Crippen LogP contribution in [0, 0.1) is 0 Å². The largest absolute Gasteiger partial charge is 0.480 e. The van der Waals surface area contributed by atoms with Crippen LogP contribution in [0.4, 0.5) is 4.79 Å². The van der Waals surface area contributed by atoms with E-state index in [0.29, 0.717) is 0 Å². The van der Waals surface area contributed by atoms with Crippen molar-refractivity contribution >= 4 is 23.4 Å². The van der Waals surface area contributed by atoms with Crippen molar-refractivity contribution in [2.75, 3.05) is 6.61 Å². The molecule has 0 fully saturated rings. The van der Waals surface area contributed by atoms with E-state index in [1.54, 1.807) is 0 Å². The van der Waals surface area contributed by atoms with E-state index < -0.39 is 18.1 Å². The van der Waals surface area contributed by atoms with E-state index in [-0.39, 0.29) is 18.9 Å². The highest BCUT2D eigenvalue weighted by atomic mass is 32.1. The standard InChI is InChI=1S/C22H19NO4S/c24-21(25)20(11-14-9-10-28-13-14)23-22(26)27-12-19-17-7-3-1-5-15(17)16-6-2-4-8-18(16)19/h1-10,13,19-20H,11-12H2,(H,23,26)(H,24,25). The Labute approximate surface area is 166 Å². The lowest BCUT2D eigenvalue weighted by Gasteiger charge is -2.17. The molecule has 5 nitrogen and oxygen atoms in total. The van der Waals surface area contributed by atoms with Crippen LogP contribution in [0.3, 0.4) is 0 Å². The zero-order chi connectivity index (χ0) is 19.5. The molecular weight excluding hydrogens is 374 g/mol. The minimum Gasteiger partial charge on any atom is -0.480 e. The number of benzene rings is 2. The number of amides is 1. The Hall–Kier alpha value is -3.12. The molecule has 0 radical (unpaired) electrons. The first kappa shape index (κ1) is 18.3. The summed E-state index contributed by atoms with van der Waals surface area (Å²) in [5, 5.41) is 15.6. The second-order valence-corrected chi connectivity index (χ2v) is 7.48. The number of carbonyl (C=O) groups excluding carboxylic acids is 1. The van der Waals surface area contributed by atoms with Gasteiger partial charge < -0.3 is 15.2 Å². The summed E-state index contributed by atoms with van der Waals surface area (Å²) < 4.78 is 5.43. The van der Waals surface area contributed by atoms with E-state index in [0.717, 1.165) is 27.8 Å². The van der Waals surface area contributed by atoms with Crippen LogP contribution >= 0.6 is 11.3 Å². The van der Waals surface area contributed by atoms with Crippen molar-refractivity contribution in [2.24, 2.45) is 0 Å². The highest BCUT2D eigenvalue weighted by molar-refractivity contribution is 7.07. The van der Waals surface area contributed by atoms with Gasteiger partial charge in [-0.25, -0.2) is 9.59 Å². The first-order chi connectivity index (χ1) is 13.6. The average Bonchev–Trinajstić information content (AvgIpc) is 3.32. The molecule has 0 aliphatic heterocycles. The number of hydrogen-bond acceptors (Lipinski definition) is 4. The SMILES string of the molecule is O=C(NC(Cc1ccsc1)C(=O)O)OCC1c2ccccc2-c2ccccc21. The van der Waals surface area contributed by atoms with E-state index in [2.05, 4.69) is 17.4 Å². The number of nitrogens with one attached hydrogen (secondary N) is 1. The minimum absolute atomic E-state index is 0.0571. The summed E-state index contributed by atoms with van der Waals surface area (Å²) in [7, 11) is 0. The zero-order valence-electron chi connectivity index (χ0n) is 15.0. The molecule has 1 amide bonds. The fourth-order valence-corrected chi connectivity index (χ4v) is 4.31. The lowest BCUT2D eigenvalue weighted by Crippen LogP contribution is -2.42. The van der Waals surface area contributed by atoms with Crippen molar-refractivity contribution in [1.82, 2.24) is 5.32 Å². The second-order valence-electron chi connectivity index (χ2n) is 6.70. The minimum atomic E-state index is -1.08. The Morgan fingerprint density at radius 2 is 1.68 bits per heavy atom. The number of aliphatic carboxylic acids is 1. The van der Waals surface area contributed by atoms with Gasteiger partial charge in [0.05, 0.1) is 0 Å². The monoisotopic (exact) mass is 393 g/mol. The molecule has 1 atom stereocenters. The van der Waals surface area contributed by atoms with Crippen molar-refractivity contribution < 1.29 is 19.4 Å². The second kappa shape index (κ2) is 7.86.